The predicted octanol–water partition coefficient (Wildman–Crippen LogP) is 8.40. The van der Waals surface area contributed by atoms with Crippen molar-refractivity contribution >= 4 is 39.5 Å². The van der Waals surface area contributed by atoms with E-state index in [1.54, 1.807) is 0 Å². The van der Waals surface area contributed by atoms with Crippen molar-refractivity contribution in [3.05, 3.63) is 95.5 Å². The Kier molecular flexibility index (Phi) is 4.60. The molecule has 3 heteroatoms. The Hall–Kier alpha value is -1.94. The predicted molar refractivity (Wildman–Crippen MR) is 120 cm³/mol. The number of hydrogen-bond donors (Lipinski definition) is 0. The van der Waals surface area contributed by atoms with Gasteiger partial charge in [-0.15, -0.1) is 0 Å². The van der Waals surface area contributed by atoms with Crippen LogP contribution in [0.2, 0.25) is 0 Å². The zero-order valence-electron chi connectivity index (χ0n) is 14.4. The second kappa shape index (κ2) is 7.23. The van der Waals surface area contributed by atoms with E-state index in [2.05, 4.69) is 107 Å². The number of hydrogen-bond acceptors (Lipinski definition) is 2. The van der Waals surface area contributed by atoms with Crippen LogP contribution in [0.15, 0.2) is 115 Å². The minimum Gasteiger partial charge on any atom is -0.0877 e. The first-order valence-electron chi connectivity index (χ1n) is 8.71. The highest BCUT2D eigenvalue weighted by atomic mass is 79.9. The highest BCUT2D eigenvalue weighted by molar-refractivity contribution is 9.10. The smallest absolute Gasteiger partial charge is 0.0273 e. The molecule has 0 nitrogen and oxygen atoms in total. The second-order valence-electron chi connectivity index (χ2n) is 6.40. The van der Waals surface area contributed by atoms with E-state index in [4.69, 9.17) is 0 Å². The van der Waals surface area contributed by atoms with Gasteiger partial charge >= 0.3 is 0 Å². The Morgan fingerprint density at radius 3 is 1.81 bits per heavy atom. The Labute approximate surface area is 176 Å². The number of fused-ring (bicyclic) bond motifs is 2. The molecule has 1 aliphatic rings. The Morgan fingerprint density at radius 1 is 0.444 bits per heavy atom. The normalized spacial score (nSPS) is 12.3. The molecule has 0 saturated carbocycles. The van der Waals surface area contributed by atoms with Gasteiger partial charge in [-0.05, 0) is 58.7 Å². The average Bonchev–Trinajstić information content (AvgIpc) is 2.72. The van der Waals surface area contributed by atoms with Crippen molar-refractivity contribution in [1.82, 2.24) is 0 Å². The molecule has 27 heavy (non-hydrogen) atoms. The molecule has 0 radical (unpaired) electrons. The van der Waals surface area contributed by atoms with Crippen LogP contribution in [-0.2, 0) is 0 Å². The van der Waals surface area contributed by atoms with Crippen LogP contribution in [-0.4, -0.2) is 0 Å². The lowest BCUT2D eigenvalue weighted by atomic mass is 9.99. The van der Waals surface area contributed by atoms with E-state index < -0.39 is 0 Å². The summed E-state index contributed by atoms with van der Waals surface area (Å²) in [5.41, 5.74) is 5.02. The van der Waals surface area contributed by atoms with Crippen molar-refractivity contribution in [1.29, 1.82) is 0 Å². The maximum absolute atomic E-state index is 3.58. The number of halogens is 1. The third-order valence-corrected chi connectivity index (χ3v) is 7.61. The van der Waals surface area contributed by atoms with Gasteiger partial charge in [-0.2, -0.15) is 0 Å². The van der Waals surface area contributed by atoms with Crippen LogP contribution >= 0.6 is 39.5 Å². The minimum atomic E-state index is 1.13. The Bertz CT molecular complexity index is 1140. The van der Waals surface area contributed by atoms with Crippen LogP contribution in [0, 0.1) is 0 Å². The van der Waals surface area contributed by atoms with E-state index in [9.17, 15) is 0 Å². The fourth-order valence-electron chi connectivity index (χ4n) is 3.24. The van der Waals surface area contributed by atoms with E-state index in [0.717, 1.165) is 4.47 Å². The fraction of sp³-hybridized carbons (Fsp3) is 0. The highest BCUT2D eigenvalue weighted by Gasteiger charge is 2.18. The summed E-state index contributed by atoms with van der Waals surface area (Å²) in [4.78, 5) is 5.30. The molecule has 0 amide bonds. The maximum Gasteiger partial charge on any atom is 0.0273 e. The molecule has 4 aromatic carbocycles. The molecule has 0 saturated heterocycles. The zero-order valence-corrected chi connectivity index (χ0v) is 17.6. The summed E-state index contributed by atoms with van der Waals surface area (Å²) in [5, 5.41) is 0. The van der Waals surface area contributed by atoms with Gasteiger partial charge in [-0.1, -0.05) is 94.1 Å². The summed E-state index contributed by atoms with van der Waals surface area (Å²) in [6, 6.07) is 32.7. The highest BCUT2D eigenvalue weighted by Crippen LogP contribution is 2.50. The van der Waals surface area contributed by atoms with E-state index in [1.165, 1.54) is 41.8 Å². The third kappa shape index (κ3) is 3.47. The molecule has 0 unspecified atom stereocenters. The molecule has 0 bridgehead atoms. The standard InChI is InChI=1S/C24H15BrS2/c25-20-10-12-22-24(15-20)27-21-11-9-19(14-23(21)26-22)18-8-4-7-17(13-18)16-5-2-1-3-6-16/h1-15H. The van der Waals surface area contributed by atoms with Gasteiger partial charge in [0, 0.05) is 24.1 Å². The number of benzene rings is 4. The largest absolute Gasteiger partial charge is 0.0877 e. The molecule has 4 aromatic rings. The maximum atomic E-state index is 3.58. The van der Waals surface area contributed by atoms with Crippen molar-refractivity contribution < 1.29 is 0 Å². The quantitative estimate of drug-likeness (QED) is 0.266. The summed E-state index contributed by atoms with van der Waals surface area (Å²) in [5.74, 6) is 0. The second-order valence-corrected chi connectivity index (χ2v) is 9.49. The first-order chi connectivity index (χ1) is 13.3. The molecule has 130 valence electrons. The van der Waals surface area contributed by atoms with Crippen molar-refractivity contribution in [2.75, 3.05) is 0 Å². The van der Waals surface area contributed by atoms with Gasteiger partial charge in [0.2, 0.25) is 0 Å². The third-order valence-electron chi connectivity index (χ3n) is 4.59. The van der Waals surface area contributed by atoms with Crippen LogP contribution in [0.1, 0.15) is 0 Å². The van der Waals surface area contributed by atoms with Crippen LogP contribution in [0.3, 0.4) is 0 Å². The molecule has 0 aromatic heterocycles. The summed E-state index contributed by atoms with van der Waals surface area (Å²) in [6.45, 7) is 0. The topological polar surface area (TPSA) is 0 Å². The van der Waals surface area contributed by atoms with Gasteiger partial charge < -0.3 is 0 Å². The first kappa shape index (κ1) is 17.2. The Morgan fingerprint density at radius 2 is 1.04 bits per heavy atom. The van der Waals surface area contributed by atoms with Crippen molar-refractivity contribution in [2.24, 2.45) is 0 Å². The molecule has 0 N–H and O–H groups in total. The zero-order chi connectivity index (χ0) is 18.2. The van der Waals surface area contributed by atoms with Gasteiger partial charge in [0.25, 0.3) is 0 Å². The number of rotatable bonds is 2. The molecular weight excluding hydrogens is 432 g/mol. The van der Waals surface area contributed by atoms with Crippen molar-refractivity contribution in [3.8, 4) is 22.3 Å². The van der Waals surface area contributed by atoms with Gasteiger partial charge in [0.15, 0.2) is 0 Å². The first-order valence-corrected chi connectivity index (χ1v) is 11.1. The lowest BCUT2D eigenvalue weighted by Gasteiger charge is -2.19. The van der Waals surface area contributed by atoms with Crippen molar-refractivity contribution in [2.45, 2.75) is 19.6 Å². The monoisotopic (exact) mass is 446 g/mol. The minimum absolute atomic E-state index is 1.13. The lowest BCUT2D eigenvalue weighted by molar-refractivity contribution is 1.15. The average molecular weight is 447 g/mol. The summed E-state index contributed by atoms with van der Waals surface area (Å²) in [6.07, 6.45) is 0. The SMILES string of the molecule is Brc1ccc2c(c1)Sc1ccc(-c3cccc(-c4ccccc4)c3)cc1S2. The van der Waals surface area contributed by atoms with Crippen LogP contribution < -0.4 is 0 Å². The molecule has 0 aliphatic carbocycles. The summed E-state index contributed by atoms with van der Waals surface area (Å²) >= 11 is 7.28. The lowest BCUT2D eigenvalue weighted by Crippen LogP contribution is -1.90. The van der Waals surface area contributed by atoms with Crippen molar-refractivity contribution in [3.63, 3.8) is 0 Å². The van der Waals surface area contributed by atoms with Crippen LogP contribution in [0.5, 0.6) is 0 Å². The van der Waals surface area contributed by atoms with E-state index in [1.807, 2.05) is 23.5 Å². The van der Waals surface area contributed by atoms with Crippen LogP contribution in [0.4, 0.5) is 0 Å². The van der Waals surface area contributed by atoms with E-state index >= 15 is 0 Å². The molecule has 0 spiro atoms. The Balaban J connectivity index is 1.52. The molecule has 1 heterocycles. The van der Waals surface area contributed by atoms with Gasteiger partial charge in [-0.25, -0.2) is 0 Å². The summed E-state index contributed by atoms with van der Waals surface area (Å²) in [7, 11) is 0. The van der Waals surface area contributed by atoms with Crippen LogP contribution in [0.25, 0.3) is 22.3 Å². The molecular formula is C24H15BrS2. The van der Waals surface area contributed by atoms with Gasteiger partial charge in [-0.3, -0.25) is 0 Å². The van der Waals surface area contributed by atoms with E-state index in [-0.39, 0.29) is 0 Å². The molecule has 1 aliphatic heterocycles. The van der Waals surface area contributed by atoms with E-state index in [0.29, 0.717) is 0 Å². The van der Waals surface area contributed by atoms with Gasteiger partial charge in [0.05, 0.1) is 0 Å². The van der Waals surface area contributed by atoms with Gasteiger partial charge in [0.1, 0.15) is 0 Å². The fourth-order valence-corrected chi connectivity index (χ4v) is 6.03. The molecule has 5 rings (SSSR count). The molecule has 0 fully saturated rings. The summed E-state index contributed by atoms with van der Waals surface area (Å²) < 4.78 is 1.13. The molecule has 0 atom stereocenters.